The van der Waals surface area contributed by atoms with E-state index in [-0.39, 0.29) is 17.0 Å². The number of benzene rings is 2. The summed E-state index contributed by atoms with van der Waals surface area (Å²) in [7, 11) is 0. The maximum Gasteiger partial charge on any atom is 0.256 e. The summed E-state index contributed by atoms with van der Waals surface area (Å²) in [5.41, 5.74) is 1.53. The van der Waals surface area contributed by atoms with Crippen LogP contribution < -0.4 is 10.6 Å². The van der Waals surface area contributed by atoms with Gasteiger partial charge in [-0.05, 0) is 51.0 Å². The van der Waals surface area contributed by atoms with Crippen molar-refractivity contribution in [2.75, 3.05) is 18.4 Å². The van der Waals surface area contributed by atoms with Crippen LogP contribution in [0, 0.1) is 5.82 Å². The van der Waals surface area contributed by atoms with Crippen LogP contribution in [0.25, 0.3) is 0 Å². The predicted octanol–water partition coefficient (Wildman–Crippen LogP) is 3.82. The molecule has 1 unspecified atom stereocenters. The minimum Gasteiger partial charge on any atom is -0.342 e. The van der Waals surface area contributed by atoms with Crippen molar-refractivity contribution in [3.8, 4) is 0 Å². The topological polar surface area (TPSA) is 56.7 Å². The molecular weight excluding hydrogens is 367 g/mol. The second-order valence-corrected chi connectivity index (χ2v) is 8.81. The quantitative estimate of drug-likeness (QED) is 0.773. The molecule has 1 fully saturated rings. The number of amides is 1. The number of para-hydroxylation sites is 1. The molecule has 152 valence electrons. The summed E-state index contributed by atoms with van der Waals surface area (Å²) in [4.78, 5) is 19.7. The van der Waals surface area contributed by atoms with E-state index in [4.69, 9.17) is 4.99 Å². The van der Waals surface area contributed by atoms with Crippen LogP contribution in [-0.4, -0.2) is 40.8 Å². The third-order valence-corrected chi connectivity index (χ3v) is 5.45. The van der Waals surface area contributed by atoms with E-state index in [0.717, 1.165) is 17.1 Å². The molecule has 29 heavy (non-hydrogen) atoms. The van der Waals surface area contributed by atoms with Crippen LogP contribution in [0.5, 0.6) is 0 Å². The van der Waals surface area contributed by atoms with Crippen molar-refractivity contribution >= 4 is 17.4 Å². The molecule has 4 rings (SSSR count). The Morgan fingerprint density at radius 1 is 1.14 bits per heavy atom. The van der Waals surface area contributed by atoms with E-state index in [1.54, 1.807) is 23.1 Å². The zero-order valence-electron chi connectivity index (χ0n) is 17.1. The number of anilines is 1. The summed E-state index contributed by atoms with van der Waals surface area (Å²) in [6, 6.07) is 14.3. The van der Waals surface area contributed by atoms with Gasteiger partial charge in [-0.2, -0.15) is 0 Å². The van der Waals surface area contributed by atoms with Crippen molar-refractivity contribution in [1.29, 1.82) is 0 Å². The molecule has 5 nitrogen and oxygen atoms in total. The highest BCUT2D eigenvalue weighted by Gasteiger charge is 2.46. The first kappa shape index (κ1) is 19.6. The molecule has 2 aromatic carbocycles. The first-order chi connectivity index (χ1) is 13.8. The van der Waals surface area contributed by atoms with Gasteiger partial charge in [-0.15, -0.1) is 0 Å². The molecule has 2 N–H and O–H groups in total. The summed E-state index contributed by atoms with van der Waals surface area (Å²) >= 11 is 0. The number of likely N-dealkylation sites (tertiary alicyclic amines) is 1. The van der Waals surface area contributed by atoms with Gasteiger partial charge in [0.15, 0.2) is 0 Å². The zero-order chi connectivity index (χ0) is 20.6. The number of carbonyl (C=O) groups is 1. The van der Waals surface area contributed by atoms with E-state index >= 15 is 0 Å². The normalized spacial score (nSPS) is 23.0. The Hall–Kier alpha value is -2.73. The highest BCUT2D eigenvalue weighted by atomic mass is 19.1. The Bertz CT molecular complexity index is 965. The van der Waals surface area contributed by atoms with Gasteiger partial charge in [-0.1, -0.05) is 30.3 Å². The number of hydrogen-bond donors (Lipinski definition) is 2. The Morgan fingerprint density at radius 2 is 1.86 bits per heavy atom. The number of fused-ring (bicyclic) bond motifs is 1. The van der Waals surface area contributed by atoms with Crippen LogP contribution in [0.2, 0.25) is 0 Å². The summed E-state index contributed by atoms with van der Waals surface area (Å²) < 4.78 is 14.2. The molecule has 1 amide bonds. The number of hydrogen-bond acceptors (Lipinski definition) is 3. The molecule has 0 radical (unpaired) electrons. The Morgan fingerprint density at radius 3 is 2.62 bits per heavy atom. The van der Waals surface area contributed by atoms with E-state index in [1.807, 2.05) is 18.2 Å². The highest BCUT2D eigenvalue weighted by Crippen LogP contribution is 2.31. The van der Waals surface area contributed by atoms with E-state index in [9.17, 15) is 9.18 Å². The summed E-state index contributed by atoms with van der Waals surface area (Å²) in [5.74, 6) is 0.0683. The average molecular weight is 394 g/mol. The molecular formula is C23H27FN4O. The minimum atomic E-state index is -0.493. The fourth-order valence-electron chi connectivity index (χ4n) is 3.99. The lowest BCUT2D eigenvalue weighted by molar-refractivity contribution is 0.0781. The molecule has 1 spiro atoms. The highest BCUT2D eigenvalue weighted by molar-refractivity contribution is 6.05. The minimum absolute atomic E-state index is 0.115. The molecule has 1 saturated heterocycles. The van der Waals surface area contributed by atoms with Crippen molar-refractivity contribution in [3.05, 3.63) is 65.5 Å². The van der Waals surface area contributed by atoms with Gasteiger partial charge in [-0.3, -0.25) is 15.1 Å². The third kappa shape index (κ3) is 3.90. The maximum atomic E-state index is 14.2. The molecule has 0 saturated carbocycles. The molecule has 0 aromatic heterocycles. The van der Waals surface area contributed by atoms with Gasteiger partial charge in [0, 0.05) is 25.3 Å². The predicted molar refractivity (Wildman–Crippen MR) is 114 cm³/mol. The fraction of sp³-hybridized carbons (Fsp3) is 0.391. The van der Waals surface area contributed by atoms with Crippen LogP contribution >= 0.6 is 0 Å². The second kappa shape index (κ2) is 7.26. The molecule has 2 aliphatic heterocycles. The van der Waals surface area contributed by atoms with Gasteiger partial charge in [0.1, 0.15) is 11.7 Å². The third-order valence-electron chi connectivity index (χ3n) is 5.45. The first-order valence-corrected chi connectivity index (χ1v) is 10.0. The largest absolute Gasteiger partial charge is 0.342 e. The molecule has 2 heterocycles. The second-order valence-electron chi connectivity index (χ2n) is 8.81. The van der Waals surface area contributed by atoms with Crippen molar-refractivity contribution in [2.24, 2.45) is 4.99 Å². The van der Waals surface area contributed by atoms with Crippen molar-refractivity contribution in [1.82, 2.24) is 10.2 Å². The Balaban J connectivity index is 1.67. The summed E-state index contributed by atoms with van der Waals surface area (Å²) in [6.07, 6.45) is 0.711. The number of amidine groups is 1. The number of nitrogens with zero attached hydrogens (tertiary/aromatic N) is 2. The lowest BCUT2D eigenvalue weighted by Gasteiger charge is -2.32. The van der Waals surface area contributed by atoms with Gasteiger partial charge in [0.05, 0.1) is 16.6 Å². The van der Waals surface area contributed by atoms with E-state index in [1.165, 1.54) is 6.07 Å². The molecule has 1 atom stereocenters. The summed E-state index contributed by atoms with van der Waals surface area (Å²) in [5, 5.41) is 7.19. The van der Waals surface area contributed by atoms with Crippen molar-refractivity contribution in [3.63, 3.8) is 0 Å². The molecule has 2 aromatic rings. The lowest BCUT2D eigenvalue weighted by atomic mass is 9.95. The Labute approximate surface area is 171 Å². The van der Waals surface area contributed by atoms with E-state index in [2.05, 4.69) is 37.5 Å². The molecule has 0 bridgehead atoms. The van der Waals surface area contributed by atoms with Gasteiger partial charge in [0.2, 0.25) is 0 Å². The van der Waals surface area contributed by atoms with Crippen molar-refractivity contribution in [2.45, 2.75) is 44.8 Å². The van der Waals surface area contributed by atoms with Crippen LogP contribution in [-0.2, 0) is 6.54 Å². The molecule has 0 aliphatic carbocycles. The summed E-state index contributed by atoms with van der Waals surface area (Å²) in [6.45, 7) is 7.83. The molecule has 2 aliphatic rings. The number of carbonyl (C=O) groups excluding carboxylic acids is 1. The number of aliphatic imine (C=N–C) groups is 1. The number of nitrogens with one attached hydrogen (secondary N) is 2. The van der Waals surface area contributed by atoms with Crippen molar-refractivity contribution < 1.29 is 9.18 Å². The fourth-order valence-corrected chi connectivity index (χ4v) is 3.99. The number of rotatable bonds is 1. The molecule has 6 heteroatoms. The average Bonchev–Trinajstić information content (AvgIpc) is 3.05. The van der Waals surface area contributed by atoms with E-state index < -0.39 is 11.4 Å². The monoisotopic (exact) mass is 394 g/mol. The van der Waals surface area contributed by atoms with Gasteiger partial charge >= 0.3 is 0 Å². The number of halogens is 1. The van der Waals surface area contributed by atoms with E-state index in [0.29, 0.717) is 26.1 Å². The maximum absolute atomic E-state index is 14.2. The SMILES string of the molecule is CC(C)(C)N=C1Nc2ccccc2CNC12CCN(C(=O)c1ccccc1F)C2. The first-order valence-electron chi connectivity index (χ1n) is 10.0. The lowest BCUT2D eigenvalue weighted by Crippen LogP contribution is -2.56. The van der Waals surface area contributed by atoms with Crippen LogP contribution in [0.1, 0.15) is 43.1 Å². The van der Waals surface area contributed by atoms with Crippen LogP contribution in [0.4, 0.5) is 10.1 Å². The Kier molecular flexibility index (Phi) is 4.90. The zero-order valence-corrected chi connectivity index (χ0v) is 17.1. The van der Waals surface area contributed by atoms with Crippen LogP contribution in [0.15, 0.2) is 53.5 Å². The van der Waals surface area contributed by atoms with Gasteiger partial charge in [-0.25, -0.2) is 4.39 Å². The van der Waals surface area contributed by atoms with Gasteiger partial charge in [0.25, 0.3) is 5.91 Å². The van der Waals surface area contributed by atoms with Crippen LogP contribution in [0.3, 0.4) is 0 Å². The smallest absolute Gasteiger partial charge is 0.256 e. The standard InChI is InChI=1S/C23H27FN4O/c1-22(2,3)27-21-23(25-14-16-8-4-7-11-19(16)26-21)12-13-28(15-23)20(29)17-9-5-6-10-18(17)24/h4-11,25H,12-15H2,1-3H3,(H,26,27). The van der Waals surface area contributed by atoms with Gasteiger partial charge < -0.3 is 10.2 Å².